The molecular formula is C28H39N3O. The minimum absolute atomic E-state index is 0.183. The van der Waals surface area contributed by atoms with Crippen LogP contribution in [0, 0.1) is 30.1 Å². The highest BCUT2D eigenvalue weighted by molar-refractivity contribution is 5.94. The molecule has 1 aromatic rings. The van der Waals surface area contributed by atoms with Crippen LogP contribution in [0.1, 0.15) is 70.4 Å². The van der Waals surface area contributed by atoms with Crippen LogP contribution in [0.3, 0.4) is 0 Å². The van der Waals surface area contributed by atoms with E-state index in [1.165, 1.54) is 5.57 Å². The number of rotatable bonds is 7. The van der Waals surface area contributed by atoms with Crippen LogP contribution in [-0.4, -0.2) is 17.3 Å². The van der Waals surface area contributed by atoms with Crippen LogP contribution in [0.15, 0.2) is 54.3 Å². The van der Waals surface area contributed by atoms with Crippen molar-refractivity contribution in [1.29, 1.82) is 0 Å². The number of hydrazine groups is 1. The predicted molar refractivity (Wildman–Crippen MR) is 135 cm³/mol. The van der Waals surface area contributed by atoms with E-state index in [9.17, 15) is 4.79 Å². The number of carbonyl (C=O) groups excluding carboxylic acids is 1. The van der Waals surface area contributed by atoms with Gasteiger partial charge in [-0.2, -0.15) is 0 Å². The summed E-state index contributed by atoms with van der Waals surface area (Å²) in [4.78, 5) is 12.3. The molecule has 0 saturated heterocycles. The third kappa shape index (κ3) is 7.43. The lowest BCUT2D eigenvalue weighted by molar-refractivity contribution is -0.115. The molecule has 0 fully saturated rings. The Morgan fingerprint density at radius 3 is 2.75 bits per heavy atom. The molecule has 0 bridgehead atoms. The summed E-state index contributed by atoms with van der Waals surface area (Å²) in [6.45, 7) is 11.3. The monoisotopic (exact) mass is 433 g/mol. The van der Waals surface area contributed by atoms with Gasteiger partial charge in [-0.25, -0.2) is 5.84 Å². The molecule has 3 unspecified atom stereocenters. The molecule has 0 heterocycles. The van der Waals surface area contributed by atoms with Crippen LogP contribution in [0.4, 0.5) is 0 Å². The van der Waals surface area contributed by atoms with E-state index in [1.807, 2.05) is 31.2 Å². The molecule has 32 heavy (non-hydrogen) atoms. The Balaban J connectivity index is 2.14. The molecule has 1 aromatic carbocycles. The highest BCUT2D eigenvalue weighted by Gasteiger charge is 2.24. The summed E-state index contributed by atoms with van der Waals surface area (Å²) in [7, 11) is 0. The second-order valence-electron chi connectivity index (χ2n) is 9.15. The van der Waals surface area contributed by atoms with Gasteiger partial charge in [0.05, 0.1) is 12.2 Å². The maximum absolute atomic E-state index is 12.3. The molecule has 2 rings (SSSR count). The van der Waals surface area contributed by atoms with Crippen molar-refractivity contribution in [2.75, 3.05) is 6.54 Å². The number of nitrogens with two attached hydrogens (primary N) is 2. The molecule has 1 aliphatic rings. The third-order valence-electron chi connectivity index (χ3n) is 6.72. The maximum Gasteiger partial charge on any atom is 0.158 e. The lowest BCUT2D eigenvalue weighted by atomic mass is 9.77. The standard InChI is InChI=1S/C28H39N3O/c1-6-23-11-9-13-26(17-23)27(29)19-31(30)18-24-12-8-10-20(3)21(4)16-25(15-14-24)22(5)28(32)7-2/h1,9,11-13,17,19-21,25H,5,7-8,10,14-16,18,29-30H2,2-4H3/b24-12+,27-19-. The van der Waals surface area contributed by atoms with E-state index >= 15 is 0 Å². The van der Waals surface area contributed by atoms with Gasteiger partial charge in [0.1, 0.15) is 0 Å². The number of hydrogen-bond donors (Lipinski definition) is 2. The average Bonchev–Trinajstić information content (AvgIpc) is 2.79. The van der Waals surface area contributed by atoms with E-state index in [1.54, 1.807) is 11.2 Å². The summed E-state index contributed by atoms with van der Waals surface area (Å²) < 4.78 is 0. The number of ketones is 1. The maximum atomic E-state index is 12.3. The smallest absolute Gasteiger partial charge is 0.158 e. The van der Waals surface area contributed by atoms with E-state index in [0.717, 1.165) is 48.8 Å². The van der Waals surface area contributed by atoms with Gasteiger partial charge in [0, 0.05) is 23.7 Å². The van der Waals surface area contributed by atoms with Crippen molar-refractivity contribution in [3.63, 3.8) is 0 Å². The molecule has 4 N–H and O–H groups in total. The van der Waals surface area contributed by atoms with Crippen LogP contribution >= 0.6 is 0 Å². The topological polar surface area (TPSA) is 72.3 Å². The quantitative estimate of drug-likeness (QED) is 0.198. The van der Waals surface area contributed by atoms with Crippen LogP contribution in [0.5, 0.6) is 0 Å². The highest BCUT2D eigenvalue weighted by Crippen LogP contribution is 2.33. The molecule has 0 aromatic heterocycles. The lowest BCUT2D eigenvalue weighted by Crippen LogP contribution is -2.29. The Bertz CT molecular complexity index is 905. The Labute approximate surface area is 194 Å². The average molecular weight is 434 g/mol. The minimum Gasteiger partial charge on any atom is -0.397 e. The highest BCUT2D eigenvalue weighted by atomic mass is 16.1. The van der Waals surface area contributed by atoms with Crippen molar-refractivity contribution < 1.29 is 4.79 Å². The zero-order valence-electron chi connectivity index (χ0n) is 19.9. The third-order valence-corrected chi connectivity index (χ3v) is 6.72. The van der Waals surface area contributed by atoms with Crippen molar-refractivity contribution in [3.05, 3.63) is 65.4 Å². The lowest BCUT2D eigenvalue weighted by Gasteiger charge is -2.28. The van der Waals surface area contributed by atoms with Gasteiger partial charge in [-0.05, 0) is 67.6 Å². The first-order valence-electron chi connectivity index (χ1n) is 11.7. The van der Waals surface area contributed by atoms with Crippen molar-refractivity contribution in [1.82, 2.24) is 5.01 Å². The van der Waals surface area contributed by atoms with Crippen LogP contribution in [0.2, 0.25) is 0 Å². The first-order chi connectivity index (χ1) is 15.2. The van der Waals surface area contributed by atoms with Crippen LogP contribution < -0.4 is 11.6 Å². The number of terminal acetylenes is 1. The summed E-state index contributed by atoms with van der Waals surface area (Å²) in [6.07, 6.45) is 15.1. The number of allylic oxidation sites excluding steroid dienone is 2. The molecular weight excluding hydrogens is 394 g/mol. The molecule has 172 valence electrons. The largest absolute Gasteiger partial charge is 0.397 e. The predicted octanol–water partition coefficient (Wildman–Crippen LogP) is 5.41. The molecule has 0 radical (unpaired) electrons. The van der Waals surface area contributed by atoms with E-state index in [2.05, 4.69) is 32.4 Å². The second-order valence-corrected chi connectivity index (χ2v) is 9.15. The number of benzene rings is 1. The normalized spacial score (nSPS) is 24.0. The van der Waals surface area contributed by atoms with E-state index in [-0.39, 0.29) is 11.7 Å². The Hall–Kier alpha value is -2.77. The molecule has 3 atom stereocenters. The van der Waals surface area contributed by atoms with Gasteiger partial charge in [-0.1, -0.05) is 57.1 Å². The van der Waals surface area contributed by atoms with Crippen LogP contribution in [-0.2, 0) is 4.79 Å². The number of hydrogen-bond acceptors (Lipinski definition) is 4. The molecule has 4 nitrogen and oxygen atoms in total. The van der Waals surface area contributed by atoms with Gasteiger partial charge in [0.25, 0.3) is 0 Å². The molecule has 0 aliphatic heterocycles. The summed E-state index contributed by atoms with van der Waals surface area (Å²) >= 11 is 0. The van der Waals surface area contributed by atoms with E-state index in [0.29, 0.717) is 30.5 Å². The summed E-state index contributed by atoms with van der Waals surface area (Å²) in [5.74, 6) is 10.5. The fraction of sp³-hybridized carbons (Fsp3) is 0.464. The summed E-state index contributed by atoms with van der Waals surface area (Å²) in [6, 6.07) is 7.57. The Kier molecular flexibility index (Phi) is 9.81. The van der Waals surface area contributed by atoms with Gasteiger partial charge in [0.2, 0.25) is 0 Å². The summed E-state index contributed by atoms with van der Waals surface area (Å²) in [5, 5.41) is 1.64. The molecule has 0 spiro atoms. The molecule has 4 heteroatoms. The fourth-order valence-electron chi connectivity index (χ4n) is 4.33. The van der Waals surface area contributed by atoms with Gasteiger partial charge in [-0.15, -0.1) is 6.42 Å². The van der Waals surface area contributed by atoms with Crippen molar-refractivity contribution >= 4 is 11.5 Å². The SMILES string of the molecule is C#Cc1cccc(/C(N)=C/N(N)C/C2=C/CCC(C)C(C)CC(C(=C)C(=O)CC)CC2)c1. The van der Waals surface area contributed by atoms with Gasteiger partial charge in [0.15, 0.2) is 5.78 Å². The van der Waals surface area contributed by atoms with Crippen LogP contribution in [0.25, 0.3) is 5.70 Å². The zero-order valence-corrected chi connectivity index (χ0v) is 19.9. The fourth-order valence-corrected chi connectivity index (χ4v) is 4.33. The minimum atomic E-state index is 0.183. The second kappa shape index (κ2) is 12.3. The number of nitrogens with zero attached hydrogens (tertiary/aromatic N) is 1. The Morgan fingerprint density at radius 1 is 1.31 bits per heavy atom. The van der Waals surface area contributed by atoms with Gasteiger partial charge >= 0.3 is 0 Å². The zero-order chi connectivity index (χ0) is 23.7. The van der Waals surface area contributed by atoms with Crippen molar-refractivity contribution in [2.24, 2.45) is 29.3 Å². The van der Waals surface area contributed by atoms with Gasteiger partial charge < -0.3 is 10.7 Å². The number of Topliss-reactive ketones (excluding diaryl/α,β-unsaturated/α-hetero) is 1. The Morgan fingerprint density at radius 2 is 2.06 bits per heavy atom. The van der Waals surface area contributed by atoms with Gasteiger partial charge in [-0.3, -0.25) is 4.79 Å². The summed E-state index contributed by atoms with van der Waals surface area (Å²) in [5.41, 5.74) is 10.6. The van der Waals surface area contributed by atoms with Crippen molar-refractivity contribution in [2.45, 2.75) is 59.3 Å². The first kappa shape index (κ1) is 25.5. The number of carbonyl (C=O) groups is 1. The first-order valence-corrected chi connectivity index (χ1v) is 11.7. The molecule has 1 aliphatic carbocycles. The molecule has 0 amide bonds. The van der Waals surface area contributed by atoms with E-state index < -0.39 is 0 Å². The van der Waals surface area contributed by atoms with Crippen molar-refractivity contribution in [3.8, 4) is 12.3 Å². The van der Waals surface area contributed by atoms with E-state index in [4.69, 9.17) is 18.0 Å². The molecule has 0 saturated carbocycles.